The fourth-order valence-corrected chi connectivity index (χ4v) is 0.658. The van der Waals surface area contributed by atoms with E-state index in [-0.39, 0.29) is 12.2 Å². The fourth-order valence-electron chi connectivity index (χ4n) is 0.658. The number of hydrogen-bond acceptors (Lipinski definition) is 4. The Hall–Kier alpha value is -0.870. The molecule has 0 aromatic rings. The molecule has 0 atom stereocenters. The van der Waals surface area contributed by atoms with Gasteiger partial charge in [0.25, 0.3) is 0 Å². The second-order valence-electron chi connectivity index (χ2n) is 4.20. The van der Waals surface area contributed by atoms with E-state index in [1.807, 2.05) is 27.7 Å². The van der Waals surface area contributed by atoms with Crippen molar-refractivity contribution in [1.29, 1.82) is 0 Å². The van der Waals surface area contributed by atoms with Crippen molar-refractivity contribution in [3.63, 3.8) is 0 Å². The summed E-state index contributed by atoms with van der Waals surface area (Å²) in [6.45, 7) is 8.62. The maximum atomic E-state index is 8.46. The monoisotopic (exact) mass is 215 g/mol. The lowest BCUT2D eigenvalue weighted by Gasteiger charge is -2.16. The first-order chi connectivity index (χ1) is 6.95. The van der Waals surface area contributed by atoms with Gasteiger partial charge in [0.05, 0.1) is 25.5 Å². The molecule has 0 spiro atoms. The third-order valence-electron chi connectivity index (χ3n) is 1.27. The van der Waals surface area contributed by atoms with E-state index in [1.54, 1.807) is 12.2 Å². The highest BCUT2D eigenvalue weighted by Crippen LogP contribution is 2.06. The molecule has 4 nitrogen and oxygen atoms in total. The van der Waals surface area contributed by atoms with Crippen LogP contribution in [-0.4, -0.2) is 36.2 Å². The van der Waals surface area contributed by atoms with Gasteiger partial charge in [0.2, 0.25) is 0 Å². The van der Waals surface area contributed by atoms with Crippen molar-refractivity contribution in [3.8, 4) is 0 Å². The van der Waals surface area contributed by atoms with Crippen LogP contribution in [0, 0.1) is 0 Å². The van der Waals surface area contributed by atoms with E-state index < -0.39 is 0 Å². The quantitative estimate of drug-likeness (QED) is 0.318. The molecule has 0 unspecified atom stereocenters. The van der Waals surface area contributed by atoms with E-state index >= 15 is 0 Å². The number of nitrogens with zero attached hydrogens (tertiary/aromatic N) is 1. The smallest absolute Gasteiger partial charge is 0.129 e. The Bertz CT molecular complexity index is 216. The van der Waals surface area contributed by atoms with Crippen LogP contribution in [0.2, 0.25) is 0 Å². The molecule has 88 valence electrons. The van der Waals surface area contributed by atoms with E-state index in [4.69, 9.17) is 14.7 Å². The van der Waals surface area contributed by atoms with Gasteiger partial charge in [0, 0.05) is 0 Å². The zero-order valence-electron chi connectivity index (χ0n) is 9.99. The molecule has 0 aliphatic rings. The molecule has 0 aliphatic heterocycles. The SMILES string of the molecule is CC(COCC=CCO)=NOC(C)(C)C. The molecule has 0 heterocycles. The van der Waals surface area contributed by atoms with Gasteiger partial charge >= 0.3 is 0 Å². The van der Waals surface area contributed by atoms with Crippen molar-refractivity contribution in [1.82, 2.24) is 0 Å². The summed E-state index contributed by atoms with van der Waals surface area (Å²) >= 11 is 0. The van der Waals surface area contributed by atoms with Gasteiger partial charge in [-0.05, 0) is 27.7 Å². The molecule has 0 saturated carbocycles. The molecule has 0 aromatic heterocycles. The van der Waals surface area contributed by atoms with Gasteiger partial charge in [-0.3, -0.25) is 0 Å². The van der Waals surface area contributed by atoms with Crippen molar-refractivity contribution in [2.75, 3.05) is 19.8 Å². The van der Waals surface area contributed by atoms with Crippen molar-refractivity contribution < 1.29 is 14.7 Å². The van der Waals surface area contributed by atoms with E-state index in [9.17, 15) is 0 Å². The number of ether oxygens (including phenoxy) is 1. The van der Waals surface area contributed by atoms with E-state index in [2.05, 4.69) is 5.16 Å². The van der Waals surface area contributed by atoms with Gasteiger partial charge in [-0.2, -0.15) is 0 Å². The predicted molar refractivity (Wildman–Crippen MR) is 61.0 cm³/mol. The normalized spacial score (nSPS) is 13.5. The lowest BCUT2D eigenvalue weighted by Crippen LogP contribution is -2.17. The van der Waals surface area contributed by atoms with Gasteiger partial charge in [-0.25, -0.2) is 0 Å². The summed E-state index contributed by atoms with van der Waals surface area (Å²) < 4.78 is 5.25. The average molecular weight is 215 g/mol. The van der Waals surface area contributed by atoms with Crippen LogP contribution in [0.1, 0.15) is 27.7 Å². The highest BCUT2D eigenvalue weighted by atomic mass is 16.6. The molecule has 0 amide bonds. The Balaban J connectivity index is 3.64. The van der Waals surface area contributed by atoms with Crippen LogP contribution in [-0.2, 0) is 9.57 Å². The minimum Gasteiger partial charge on any atom is -0.392 e. The molecule has 0 bridgehead atoms. The Morgan fingerprint density at radius 1 is 1.33 bits per heavy atom. The highest BCUT2D eigenvalue weighted by Gasteiger charge is 2.09. The summed E-state index contributed by atoms with van der Waals surface area (Å²) in [5.41, 5.74) is 0.528. The van der Waals surface area contributed by atoms with Gasteiger partial charge in [0.15, 0.2) is 0 Å². The maximum absolute atomic E-state index is 8.46. The number of aliphatic hydroxyl groups excluding tert-OH is 1. The van der Waals surface area contributed by atoms with Gasteiger partial charge in [-0.15, -0.1) is 0 Å². The van der Waals surface area contributed by atoms with Crippen LogP contribution in [0.15, 0.2) is 17.3 Å². The molecule has 1 N–H and O–H groups in total. The highest BCUT2D eigenvalue weighted by molar-refractivity contribution is 5.82. The lowest BCUT2D eigenvalue weighted by atomic mass is 10.2. The fraction of sp³-hybridized carbons (Fsp3) is 0.727. The summed E-state index contributed by atoms with van der Waals surface area (Å²) in [6.07, 6.45) is 3.40. The molecule has 0 aromatic carbocycles. The number of hydrogen-bond donors (Lipinski definition) is 1. The Kier molecular flexibility index (Phi) is 6.99. The van der Waals surface area contributed by atoms with Gasteiger partial charge < -0.3 is 14.7 Å². The minimum atomic E-state index is -0.266. The third-order valence-corrected chi connectivity index (χ3v) is 1.27. The van der Waals surface area contributed by atoms with Crippen LogP contribution in [0.5, 0.6) is 0 Å². The largest absolute Gasteiger partial charge is 0.392 e. The predicted octanol–water partition coefficient (Wildman–Crippen LogP) is 1.74. The van der Waals surface area contributed by atoms with Crippen molar-refractivity contribution >= 4 is 5.71 Å². The summed E-state index contributed by atoms with van der Waals surface area (Å²) in [6, 6.07) is 0. The maximum Gasteiger partial charge on any atom is 0.129 e. The van der Waals surface area contributed by atoms with Gasteiger partial charge in [-0.1, -0.05) is 17.3 Å². The second kappa shape index (κ2) is 7.43. The Labute approximate surface area is 91.6 Å². The number of aliphatic hydroxyl groups is 1. The minimum absolute atomic E-state index is 0.0452. The number of rotatable bonds is 6. The van der Waals surface area contributed by atoms with Crippen molar-refractivity contribution in [3.05, 3.63) is 12.2 Å². The molecule has 15 heavy (non-hydrogen) atoms. The molecular weight excluding hydrogens is 194 g/mol. The first-order valence-electron chi connectivity index (χ1n) is 5.01. The standard InChI is InChI=1S/C11H21NO3/c1-10(12-15-11(2,3)4)9-14-8-6-5-7-13/h5-6,13H,7-9H2,1-4H3. The molecule has 0 aliphatic carbocycles. The van der Waals surface area contributed by atoms with Crippen LogP contribution in [0.3, 0.4) is 0 Å². The molecule has 0 fully saturated rings. The topological polar surface area (TPSA) is 51.0 Å². The van der Waals surface area contributed by atoms with Crippen LogP contribution < -0.4 is 0 Å². The molecule has 0 saturated heterocycles. The zero-order chi connectivity index (χ0) is 11.7. The molecular formula is C11H21NO3. The van der Waals surface area contributed by atoms with Crippen LogP contribution >= 0.6 is 0 Å². The average Bonchev–Trinajstić information content (AvgIpc) is 2.13. The zero-order valence-corrected chi connectivity index (χ0v) is 9.99. The second-order valence-corrected chi connectivity index (χ2v) is 4.20. The summed E-state index contributed by atoms with van der Waals surface area (Å²) in [4.78, 5) is 5.22. The van der Waals surface area contributed by atoms with Gasteiger partial charge in [0.1, 0.15) is 5.60 Å². The van der Waals surface area contributed by atoms with Crippen molar-refractivity contribution in [2.45, 2.75) is 33.3 Å². The Morgan fingerprint density at radius 3 is 2.53 bits per heavy atom. The lowest BCUT2D eigenvalue weighted by molar-refractivity contribution is -0.000463. The molecule has 0 rings (SSSR count). The first-order valence-corrected chi connectivity index (χ1v) is 5.01. The number of oxime groups is 1. The van der Waals surface area contributed by atoms with Crippen molar-refractivity contribution in [2.24, 2.45) is 5.16 Å². The van der Waals surface area contributed by atoms with E-state index in [0.29, 0.717) is 13.2 Å². The Morgan fingerprint density at radius 2 is 2.00 bits per heavy atom. The summed E-state index contributed by atoms with van der Waals surface area (Å²) in [5, 5.41) is 12.4. The first kappa shape index (κ1) is 14.1. The van der Waals surface area contributed by atoms with E-state index in [1.165, 1.54) is 0 Å². The molecule has 0 radical (unpaired) electrons. The molecule has 4 heteroatoms. The van der Waals surface area contributed by atoms with Crippen LogP contribution in [0.4, 0.5) is 0 Å². The summed E-state index contributed by atoms with van der Waals surface area (Å²) in [7, 11) is 0. The van der Waals surface area contributed by atoms with E-state index in [0.717, 1.165) is 5.71 Å². The summed E-state index contributed by atoms with van der Waals surface area (Å²) in [5.74, 6) is 0. The third kappa shape index (κ3) is 11.1. The van der Waals surface area contributed by atoms with Crippen LogP contribution in [0.25, 0.3) is 0 Å².